The van der Waals surface area contributed by atoms with Crippen LogP contribution in [-0.4, -0.2) is 36.0 Å². The fraction of sp³-hybridized carbons (Fsp3) is 0.348. The highest BCUT2D eigenvalue weighted by atomic mass is 19.3. The molecule has 1 aliphatic heterocycles. The summed E-state index contributed by atoms with van der Waals surface area (Å²) < 4.78 is 67.8. The third-order valence-electron chi connectivity index (χ3n) is 5.71. The van der Waals surface area contributed by atoms with Crippen LogP contribution in [0.2, 0.25) is 0 Å². The van der Waals surface area contributed by atoms with Crippen LogP contribution in [0.3, 0.4) is 0 Å². The minimum absolute atomic E-state index is 0.173. The topological polar surface area (TPSA) is 64.8 Å². The van der Waals surface area contributed by atoms with Crippen molar-refractivity contribution in [1.29, 1.82) is 5.26 Å². The standard InChI is InChI=1S/C23H20F5N5/c24-15-2-3-16(17(25)10-15)21(28)14-5-7-33(8-6-14)23-22(30-12-20(26)27)31-18-4-1-13(11-29)9-19(18)32-23/h1-4,9-10,14,20-21H,5-8,12H2,(H,30,31). The van der Waals surface area contributed by atoms with E-state index in [1.54, 1.807) is 18.2 Å². The van der Waals surface area contributed by atoms with Crippen molar-refractivity contribution in [2.75, 3.05) is 29.9 Å². The molecule has 0 radical (unpaired) electrons. The third-order valence-corrected chi connectivity index (χ3v) is 5.71. The maximum absolute atomic E-state index is 15.0. The molecule has 172 valence electrons. The fourth-order valence-electron chi connectivity index (χ4n) is 4.01. The van der Waals surface area contributed by atoms with Crippen molar-refractivity contribution in [1.82, 2.24) is 9.97 Å². The first kappa shape index (κ1) is 22.7. The molecule has 10 heteroatoms. The Balaban J connectivity index is 1.57. The van der Waals surface area contributed by atoms with E-state index >= 15 is 0 Å². The van der Waals surface area contributed by atoms with Gasteiger partial charge in [0.15, 0.2) is 11.6 Å². The molecule has 1 atom stereocenters. The first-order valence-electron chi connectivity index (χ1n) is 10.4. The highest BCUT2D eigenvalue weighted by Crippen LogP contribution is 2.37. The summed E-state index contributed by atoms with van der Waals surface area (Å²) in [6, 6.07) is 9.55. The van der Waals surface area contributed by atoms with Crippen LogP contribution < -0.4 is 10.2 Å². The number of hydrogen-bond acceptors (Lipinski definition) is 5. The summed E-state index contributed by atoms with van der Waals surface area (Å²) in [5, 5.41) is 11.8. The number of hydrogen-bond donors (Lipinski definition) is 1. The van der Waals surface area contributed by atoms with Crippen LogP contribution >= 0.6 is 0 Å². The summed E-state index contributed by atoms with van der Waals surface area (Å²) in [6.45, 7) is 0.0705. The molecule has 2 aromatic carbocycles. The summed E-state index contributed by atoms with van der Waals surface area (Å²) in [6.07, 6.45) is -3.49. The molecule has 3 aromatic rings. The number of piperidine rings is 1. The van der Waals surface area contributed by atoms with Crippen LogP contribution in [0.1, 0.15) is 30.1 Å². The van der Waals surface area contributed by atoms with Crippen molar-refractivity contribution in [3.05, 3.63) is 59.2 Å². The zero-order chi connectivity index (χ0) is 23.5. The van der Waals surface area contributed by atoms with Crippen molar-refractivity contribution in [2.45, 2.75) is 25.4 Å². The predicted molar refractivity (Wildman–Crippen MR) is 114 cm³/mol. The quantitative estimate of drug-likeness (QED) is 0.499. The Labute approximate surface area is 186 Å². The van der Waals surface area contributed by atoms with Gasteiger partial charge in [-0.1, -0.05) is 6.07 Å². The van der Waals surface area contributed by atoms with Gasteiger partial charge in [0.2, 0.25) is 0 Å². The van der Waals surface area contributed by atoms with Crippen LogP contribution in [0.15, 0.2) is 36.4 Å². The van der Waals surface area contributed by atoms with Gasteiger partial charge in [0.05, 0.1) is 29.2 Å². The molecule has 1 unspecified atom stereocenters. The Kier molecular flexibility index (Phi) is 6.58. The molecule has 4 rings (SSSR count). The first-order valence-corrected chi connectivity index (χ1v) is 10.4. The van der Waals surface area contributed by atoms with Crippen LogP contribution in [0, 0.1) is 28.9 Å². The zero-order valence-corrected chi connectivity index (χ0v) is 17.4. The molecule has 1 N–H and O–H groups in total. The maximum Gasteiger partial charge on any atom is 0.255 e. The van der Waals surface area contributed by atoms with Gasteiger partial charge < -0.3 is 10.2 Å². The summed E-state index contributed by atoms with van der Waals surface area (Å²) in [7, 11) is 0. The maximum atomic E-state index is 15.0. The molecule has 1 saturated heterocycles. The van der Waals surface area contributed by atoms with Gasteiger partial charge in [-0.15, -0.1) is 0 Å². The van der Waals surface area contributed by atoms with Crippen LogP contribution in [0.5, 0.6) is 0 Å². The highest BCUT2D eigenvalue weighted by Gasteiger charge is 2.31. The van der Waals surface area contributed by atoms with E-state index in [4.69, 9.17) is 5.26 Å². The molecule has 1 aromatic heterocycles. The Morgan fingerprint density at radius 1 is 1.03 bits per heavy atom. The molecule has 33 heavy (non-hydrogen) atoms. The number of rotatable bonds is 6. The largest absolute Gasteiger partial charge is 0.361 e. The lowest BCUT2D eigenvalue weighted by Gasteiger charge is -2.35. The summed E-state index contributed by atoms with van der Waals surface area (Å²) in [5.41, 5.74) is 1.09. The number of nitrogens with zero attached hydrogens (tertiary/aromatic N) is 4. The van der Waals surface area contributed by atoms with E-state index in [2.05, 4.69) is 15.3 Å². The summed E-state index contributed by atoms with van der Waals surface area (Å²) >= 11 is 0. The van der Waals surface area contributed by atoms with E-state index in [1.165, 1.54) is 0 Å². The Morgan fingerprint density at radius 2 is 1.79 bits per heavy atom. The molecule has 5 nitrogen and oxygen atoms in total. The number of benzene rings is 2. The molecule has 1 aliphatic rings. The van der Waals surface area contributed by atoms with E-state index in [0.29, 0.717) is 54.4 Å². The fourth-order valence-corrected chi connectivity index (χ4v) is 4.01. The lowest BCUT2D eigenvalue weighted by atomic mass is 9.88. The van der Waals surface area contributed by atoms with Gasteiger partial charge in [-0.05, 0) is 43.0 Å². The lowest BCUT2D eigenvalue weighted by molar-refractivity contribution is 0.163. The second-order valence-corrected chi connectivity index (χ2v) is 7.88. The van der Waals surface area contributed by atoms with Gasteiger partial charge in [0.25, 0.3) is 6.43 Å². The molecular weight excluding hydrogens is 441 g/mol. The van der Waals surface area contributed by atoms with Gasteiger partial charge in [0, 0.05) is 24.7 Å². The van der Waals surface area contributed by atoms with E-state index in [0.717, 1.165) is 12.1 Å². The first-order chi connectivity index (χ1) is 15.9. The van der Waals surface area contributed by atoms with Gasteiger partial charge >= 0.3 is 0 Å². The SMILES string of the molecule is N#Cc1ccc2nc(NCC(F)F)c(N3CCC(C(F)c4ccc(F)cc4F)CC3)nc2c1. The average Bonchev–Trinajstić information content (AvgIpc) is 2.81. The number of fused-ring (bicyclic) bond motifs is 1. The highest BCUT2D eigenvalue weighted by molar-refractivity contribution is 5.81. The molecule has 0 spiro atoms. The number of nitriles is 1. The lowest BCUT2D eigenvalue weighted by Crippen LogP contribution is -2.36. The number of anilines is 2. The molecule has 0 aliphatic carbocycles. The molecular formula is C23H20F5N5. The molecule has 0 saturated carbocycles. The molecule has 1 fully saturated rings. The van der Waals surface area contributed by atoms with Crippen LogP contribution in [0.4, 0.5) is 33.6 Å². The number of nitrogens with one attached hydrogen (secondary N) is 1. The Morgan fingerprint density at radius 3 is 2.45 bits per heavy atom. The monoisotopic (exact) mass is 461 g/mol. The minimum Gasteiger partial charge on any atom is -0.361 e. The summed E-state index contributed by atoms with van der Waals surface area (Å²) in [4.78, 5) is 10.8. The van der Waals surface area contributed by atoms with Gasteiger partial charge in [-0.2, -0.15) is 5.26 Å². The van der Waals surface area contributed by atoms with E-state index in [-0.39, 0.29) is 11.4 Å². The number of halogens is 5. The number of alkyl halides is 3. The Hall–Kier alpha value is -3.48. The van der Waals surface area contributed by atoms with Crippen molar-refractivity contribution >= 4 is 22.7 Å². The van der Waals surface area contributed by atoms with Gasteiger partial charge in [0.1, 0.15) is 17.8 Å². The van der Waals surface area contributed by atoms with Gasteiger partial charge in [-0.3, -0.25) is 0 Å². The third kappa shape index (κ3) is 4.97. The number of aromatic nitrogens is 2. The van der Waals surface area contributed by atoms with Crippen molar-refractivity contribution in [3.63, 3.8) is 0 Å². The molecule has 0 bridgehead atoms. The smallest absolute Gasteiger partial charge is 0.255 e. The van der Waals surface area contributed by atoms with E-state index in [1.807, 2.05) is 11.0 Å². The van der Waals surface area contributed by atoms with Crippen molar-refractivity contribution in [2.24, 2.45) is 5.92 Å². The predicted octanol–water partition coefficient (Wildman–Crippen LogP) is 5.38. The molecule has 2 heterocycles. The van der Waals surface area contributed by atoms with Crippen molar-refractivity contribution < 1.29 is 22.0 Å². The minimum atomic E-state index is -2.60. The average molecular weight is 461 g/mol. The second-order valence-electron chi connectivity index (χ2n) is 7.88. The second kappa shape index (κ2) is 9.57. The zero-order valence-electron chi connectivity index (χ0n) is 17.4. The Bertz CT molecular complexity index is 1190. The summed E-state index contributed by atoms with van der Waals surface area (Å²) in [5.74, 6) is -1.67. The van der Waals surface area contributed by atoms with E-state index in [9.17, 15) is 22.0 Å². The van der Waals surface area contributed by atoms with Gasteiger partial charge in [-0.25, -0.2) is 31.9 Å². The van der Waals surface area contributed by atoms with E-state index < -0.39 is 36.7 Å². The van der Waals surface area contributed by atoms with Crippen LogP contribution in [0.25, 0.3) is 11.0 Å². The molecule has 0 amide bonds. The van der Waals surface area contributed by atoms with Crippen LogP contribution in [-0.2, 0) is 0 Å². The normalized spacial score (nSPS) is 15.6. The van der Waals surface area contributed by atoms with Crippen molar-refractivity contribution in [3.8, 4) is 6.07 Å².